The number of amides is 4. The second-order valence-corrected chi connectivity index (χ2v) is 10.1. The highest BCUT2D eigenvalue weighted by molar-refractivity contribution is 6.08. The van der Waals surface area contributed by atoms with Crippen LogP contribution in [0.1, 0.15) is 29.2 Å². The van der Waals surface area contributed by atoms with E-state index in [9.17, 15) is 27.6 Å². The first-order chi connectivity index (χ1) is 19.2. The number of rotatable bonds is 4. The van der Waals surface area contributed by atoms with Gasteiger partial charge in [-0.05, 0) is 53.6 Å². The van der Waals surface area contributed by atoms with Gasteiger partial charge in [0.15, 0.2) is 11.6 Å². The molecule has 0 unspecified atom stereocenters. The Hall–Kier alpha value is -4.38. The summed E-state index contributed by atoms with van der Waals surface area (Å²) in [6, 6.07) is 14.9. The van der Waals surface area contributed by atoms with Gasteiger partial charge in [-0.2, -0.15) is 0 Å². The molecule has 0 bridgehead atoms. The number of hydrogen-bond donors (Lipinski definition) is 2. The molecule has 1 spiro atoms. The maximum atomic E-state index is 14.1. The number of piperazine rings is 1. The maximum Gasteiger partial charge on any atom is 0.322 e. The molecule has 40 heavy (non-hydrogen) atoms. The summed E-state index contributed by atoms with van der Waals surface area (Å²) in [6.07, 6.45) is -1.27. The third-order valence-corrected chi connectivity index (χ3v) is 7.74. The fourth-order valence-electron chi connectivity index (χ4n) is 5.79. The minimum absolute atomic E-state index is 0.148. The van der Waals surface area contributed by atoms with Gasteiger partial charge in [0.1, 0.15) is 23.2 Å². The molecule has 3 aromatic carbocycles. The lowest BCUT2D eigenvalue weighted by molar-refractivity contribution is -0.143. The summed E-state index contributed by atoms with van der Waals surface area (Å²) >= 11 is 0. The van der Waals surface area contributed by atoms with Crippen LogP contribution < -0.4 is 15.4 Å². The Morgan fingerprint density at radius 3 is 1.98 bits per heavy atom. The van der Waals surface area contributed by atoms with Crippen LogP contribution in [0.25, 0.3) is 0 Å². The Balaban J connectivity index is 1.22. The van der Waals surface area contributed by atoms with Gasteiger partial charge in [-0.1, -0.05) is 24.3 Å². The first-order valence-corrected chi connectivity index (χ1v) is 12.9. The Morgan fingerprint density at radius 1 is 0.850 bits per heavy atom. The Labute approximate surface area is 227 Å². The lowest BCUT2D eigenvalue weighted by Gasteiger charge is -2.42. The number of ether oxygens (including phenoxy) is 1. The predicted molar refractivity (Wildman–Crippen MR) is 137 cm³/mol. The van der Waals surface area contributed by atoms with Crippen molar-refractivity contribution in [3.05, 3.63) is 101 Å². The van der Waals surface area contributed by atoms with Gasteiger partial charge in [0.25, 0.3) is 11.8 Å². The number of hydrogen-bond acceptors (Lipinski definition) is 5. The maximum absolute atomic E-state index is 14.1. The van der Waals surface area contributed by atoms with Crippen LogP contribution in [0.2, 0.25) is 0 Å². The second-order valence-electron chi connectivity index (χ2n) is 10.1. The molecular formula is C29H25F3N4O4. The molecule has 2 saturated heterocycles. The van der Waals surface area contributed by atoms with Gasteiger partial charge in [0, 0.05) is 38.2 Å². The molecule has 0 radical (unpaired) electrons. The SMILES string of the molecule is O=C1NC(=O)[C@]2(C[C@H](C(=O)N3CCN(C(c4ccc(F)cc4)c4ccc(F)cc4)CC3)Oc3ccc(F)cc32)N1. The van der Waals surface area contributed by atoms with E-state index in [0.717, 1.165) is 23.3 Å². The number of nitrogens with zero attached hydrogens (tertiary/aromatic N) is 2. The number of carbonyl (C=O) groups is 3. The minimum atomic E-state index is -1.62. The first kappa shape index (κ1) is 25.9. The van der Waals surface area contributed by atoms with E-state index in [2.05, 4.69) is 15.5 Å². The average molecular weight is 551 g/mol. The Bertz CT molecular complexity index is 1430. The third kappa shape index (κ3) is 4.56. The molecule has 3 heterocycles. The molecule has 3 aliphatic rings. The van der Waals surface area contributed by atoms with Gasteiger partial charge in [0.05, 0.1) is 6.04 Å². The number of halogens is 3. The normalized spacial score (nSPS) is 22.6. The summed E-state index contributed by atoms with van der Waals surface area (Å²) in [4.78, 5) is 42.3. The minimum Gasteiger partial charge on any atom is -0.480 e. The van der Waals surface area contributed by atoms with Crippen LogP contribution in [-0.2, 0) is 15.1 Å². The number of benzene rings is 3. The summed E-state index contributed by atoms with van der Waals surface area (Å²) in [7, 11) is 0. The van der Waals surface area contributed by atoms with Gasteiger partial charge in [0.2, 0.25) is 0 Å². The van der Waals surface area contributed by atoms with Crippen LogP contribution in [0.4, 0.5) is 18.0 Å². The van der Waals surface area contributed by atoms with Crippen molar-refractivity contribution in [3.8, 4) is 5.75 Å². The van der Waals surface area contributed by atoms with E-state index in [1.807, 2.05) is 0 Å². The van der Waals surface area contributed by atoms with Crippen molar-refractivity contribution in [3.63, 3.8) is 0 Å². The predicted octanol–water partition coefficient (Wildman–Crippen LogP) is 3.22. The molecule has 0 aromatic heterocycles. The van der Waals surface area contributed by atoms with Crippen molar-refractivity contribution in [1.29, 1.82) is 0 Å². The average Bonchev–Trinajstić information content (AvgIpc) is 3.23. The quantitative estimate of drug-likeness (QED) is 0.487. The van der Waals surface area contributed by atoms with Gasteiger partial charge in [-0.15, -0.1) is 0 Å². The largest absolute Gasteiger partial charge is 0.480 e. The summed E-state index contributed by atoms with van der Waals surface area (Å²) in [6.45, 7) is 1.59. The smallest absolute Gasteiger partial charge is 0.322 e. The van der Waals surface area contributed by atoms with Crippen LogP contribution in [0.15, 0.2) is 66.7 Å². The number of fused-ring (bicyclic) bond motifs is 2. The van der Waals surface area contributed by atoms with Gasteiger partial charge in [-0.3, -0.25) is 19.8 Å². The van der Waals surface area contributed by atoms with E-state index in [-0.39, 0.29) is 41.3 Å². The lowest BCUT2D eigenvalue weighted by atomic mass is 9.81. The van der Waals surface area contributed by atoms with Crippen LogP contribution in [0.5, 0.6) is 5.75 Å². The summed E-state index contributed by atoms with van der Waals surface area (Å²) in [5.74, 6) is -2.21. The lowest BCUT2D eigenvalue weighted by Crippen LogP contribution is -2.57. The van der Waals surface area contributed by atoms with E-state index >= 15 is 0 Å². The highest BCUT2D eigenvalue weighted by Crippen LogP contribution is 2.42. The van der Waals surface area contributed by atoms with Crippen LogP contribution >= 0.6 is 0 Å². The molecule has 3 aromatic rings. The molecule has 206 valence electrons. The zero-order valence-corrected chi connectivity index (χ0v) is 21.2. The van der Waals surface area contributed by atoms with Crippen molar-refractivity contribution in [2.45, 2.75) is 24.1 Å². The standard InChI is InChI=1S/C29H25F3N4O4/c30-19-5-1-17(2-6-19)25(18-3-7-20(31)8-4-18)35-11-13-36(14-12-35)26(37)24-16-29(27(38)33-28(39)34-29)22-15-21(32)9-10-23(22)40-24/h1-10,15,24-25H,11-14,16H2,(H2,33,34,38,39)/t24-,29-/m1/s1. The van der Waals surface area contributed by atoms with Gasteiger partial charge < -0.3 is 15.0 Å². The molecule has 0 aliphatic carbocycles. The molecule has 2 fully saturated rings. The van der Waals surface area contributed by atoms with Crippen molar-refractivity contribution >= 4 is 17.8 Å². The zero-order valence-electron chi connectivity index (χ0n) is 21.2. The van der Waals surface area contributed by atoms with Crippen molar-refractivity contribution in [2.24, 2.45) is 0 Å². The molecule has 6 rings (SSSR count). The van der Waals surface area contributed by atoms with E-state index in [0.29, 0.717) is 26.2 Å². The van der Waals surface area contributed by atoms with Gasteiger partial charge in [-0.25, -0.2) is 18.0 Å². The number of urea groups is 1. The van der Waals surface area contributed by atoms with E-state index in [1.165, 1.54) is 30.3 Å². The van der Waals surface area contributed by atoms with Crippen molar-refractivity contribution < 1.29 is 32.3 Å². The molecular weight excluding hydrogens is 525 g/mol. The summed E-state index contributed by atoms with van der Waals surface area (Å²) in [5.41, 5.74) is 0.200. The van der Waals surface area contributed by atoms with Crippen LogP contribution in [0, 0.1) is 17.5 Å². The van der Waals surface area contributed by atoms with Crippen molar-refractivity contribution in [2.75, 3.05) is 26.2 Å². The Kier molecular flexibility index (Phi) is 6.46. The molecule has 4 amide bonds. The number of imide groups is 1. The van der Waals surface area contributed by atoms with Crippen LogP contribution in [-0.4, -0.2) is 59.9 Å². The molecule has 0 saturated carbocycles. The molecule has 3 aliphatic heterocycles. The number of nitrogens with one attached hydrogen (secondary N) is 2. The molecule has 2 atom stereocenters. The fourth-order valence-corrected chi connectivity index (χ4v) is 5.79. The van der Waals surface area contributed by atoms with E-state index in [4.69, 9.17) is 4.74 Å². The second kappa shape index (κ2) is 9.98. The van der Waals surface area contributed by atoms with E-state index in [1.54, 1.807) is 29.2 Å². The number of carbonyl (C=O) groups excluding carboxylic acids is 3. The molecule has 8 nitrogen and oxygen atoms in total. The monoisotopic (exact) mass is 550 g/mol. The molecule has 11 heteroatoms. The fraction of sp³-hybridized carbons (Fsp3) is 0.276. The zero-order chi connectivity index (χ0) is 28.0. The van der Waals surface area contributed by atoms with Crippen LogP contribution in [0.3, 0.4) is 0 Å². The first-order valence-electron chi connectivity index (χ1n) is 12.9. The van der Waals surface area contributed by atoms with E-state index < -0.39 is 29.4 Å². The van der Waals surface area contributed by atoms with Gasteiger partial charge >= 0.3 is 6.03 Å². The topological polar surface area (TPSA) is 91.0 Å². The highest BCUT2D eigenvalue weighted by atomic mass is 19.1. The highest BCUT2D eigenvalue weighted by Gasteiger charge is 2.55. The Morgan fingerprint density at radius 2 is 1.43 bits per heavy atom. The third-order valence-electron chi connectivity index (χ3n) is 7.74. The summed E-state index contributed by atoms with van der Waals surface area (Å²) < 4.78 is 47.3. The summed E-state index contributed by atoms with van der Waals surface area (Å²) in [5, 5.41) is 4.77. The molecule has 2 N–H and O–H groups in total. The van der Waals surface area contributed by atoms with Crippen molar-refractivity contribution in [1.82, 2.24) is 20.4 Å².